The van der Waals surface area contributed by atoms with E-state index in [9.17, 15) is 0 Å². The van der Waals surface area contributed by atoms with Crippen molar-refractivity contribution in [2.45, 2.75) is 19.4 Å². The van der Waals surface area contributed by atoms with Crippen molar-refractivity contribution in [3.8, 4) is 11.5 Å². The zero-order valence-corrected chi connectivity index (χ0v) is 11.8. The fraction of sp³-hybridized carbons (Fsp3) is 0.294. The summed E-state index contributed by atoms with van der Waals surface area (Å²) in [5.41, 5.74) is 3.57. The lowest BCUT2D eigenvalue weighted by Crippen LogP contribution is -2.20. The third kappa shape index (κ3) is 2.57. The van der Waals surface area contributed by atoms with Crippen LogP contribution in [0.2, 0.25) is 0 Å². The van der Waals surface area contributed by atoms with Crippen LogP contribution in [0.1, 0.15) is 23.6 Å². The third-order valence-electron chi connectivity index (χ3n) is 3.65. The molecule has 1 unspecified atom stereocenters. The van der Waals surface area contributed by atoms with Gasteiger partial charge in [-0.3, -0.25) is 0 Å². The summed E-state index contributed by atoms with van der Waals surface area (Å²) < 4.78 is 11.0. The van der Waals surface area contributed by atoms with Crippen LogP contribution in [0, 0.1) is 6.92 Å². The summed E-state index contributed by atoms with van der Waals surface area (Å²) in [7, 11) is 1.69. The van der Waals surface area contributed by atoms with Gasteiger partial charge in [-0.05, 0) is 37.3 Å². The average Bonchev–Trinajstić information content (AvgIpc) is 2.49. The topological polar surface area (TPSA) is 30.5 Å². The van der Waals surface area contributed by atoms with E-state index in [1.54, 1.807) is 7.11 Å². The van der Waals surface area contributed by atoms with E-state index in [1.165, 1.54) is 5.56 Å². The van der Waals surface area contributed by atoms with Crippen LogP contribution in [-0.2, 0) is 0 Å². The molecule has 0 saturated heterocycles. The van der Waals surface area contributed by atoms with Crippen LogP contribution < -0.4 is 14.8 Å². The molecule has 0 amide bonds. The summed E-state index contributed by atoms with van der Waals surface area (Å²) in [6, 6.07) is 14.7. The molecule has 1 aliphatic heterocycles. The van der Waals surface area contributed by atoms with Crippen molar-refractivity contribution in [3.05, 3.63) is 53.6 Å². The van der Waals surface area contributed by atoms with Gasteiger partial charge in [-0.2, -0.15) is 0 Å². The maximum absolute atomic E-state index is 5.71. The minimum absolute atomic E-state index is 0.261. The largest absolute Gasteiger partial charge is 0.497 e. The Labute approximate surface area is 119 Å². The quantitative estimate of drug-likeness (QED) is 0.915. The highest BCUT2D eigenvalue weighted by atomic mass is 16.5. The molecule has 104 valence electrons. The summed E-state index contributed by atoms with van der Waals surface area (Å²) in [4.78, 5) is 0. The van der Waals surface area contributed by atoms with E-state index in [4.69, 9.17) is 9.47 Å². The van der Waals surface area contributed by atoms with Gasteiger partial charge in [-0.1, -0.05) is 17.7 Å². The van der Waals surface area contributed by atoms with Crippen molar-refractivity contribution in [1.82, 2.24) is 0 Å². The van der Waals surface area contributed by atoms with Gasteiger partial charge < -0.3 is 14.8 Å². The molecule has 1 atom stereocenters. The van der Waals surface area contributed by atoms with Gasteiger partial charge in [0.05, 0.1) is 19.8 Å². The van der Waals surface area contributed by atoms with Crippen LogP contribution in [-0.4, -0.2) is 13.7 Å². The summed E-state index contributed by atoms with van der Waals surface area (Å²) in [6.07, 6.45) is 0.952. The Kier molecular flexibility index (Phi) is 3.50. The molecule has 1 N–H and O–H groups in total. The highest BCUT2D eigenvalue weighted by Gasteiger charge is 2.21. The van der Waals surface area contributed by atoms with E-state index in [1.807, 2.05) is 12.1 Å². The maximum atomic E-state index is 5.71. The zero-order chi connectivity index (χ0) is 13.9. The lowest BCUT2D eigenvalue weighted by atomic mass is 9.99. The first-order valence-corrected chi connectivity index (χ1v) is 6.90. The van der Waals surface area contributed by atoms with Gasteiger partial charge >= 0.3 is 0 Å². The highest BCUT2D eigenvalue weighted by Crippen LogP contribution is 2.36. The molecule has 1 heterocycles. The van der Waals surface area contributed by atoms with Gasteiger partial charge in [-0.15, -0.1) is 0 Å². The number of anilines is 1. The van der Waals surface area contributed by atoms with Crippen LogP contribution in [0.5, 0.6) is 11.5 Å². The van der Waals surface area contributed by atoms with Crippen LogP contribution in [0.3, 0.4) is 0 Å². The Morgan fingerprint density at radius 1 is 1.15 bits per heavy atom. The molecule has 2 aromatic carbocycles. The molecule has 0 bridgehead atoms. The van der Waals surface area contributed by atoms with Crippen molar-refractivity contribution in [2.75, 3.05) is 19.0 Å². The van der Waals surface area contributed by atoms with E-state index in [0.29, 0.717) is 0 Å². The van der Waals surface area contributed by atoms with Crippen LogP contribution >= 0.6 is 0 Å². The number of methoxy groups -OCH3 is 1. The molecular weight excluding hydrogens is 250 g/mol. The molecule has 3 nitrogen and oxygen atoms in total. The van der Waals surface area contributed by atoms with Crippen LogP contribution in [0.25, 0.3) is 0 Å². The number of hydrogen-bond donors (Lipinski definition) is 1. The number of benzene rings is 2. The molecule has 0 aliphatic carbocycles. The van der Waals surface area contributed by atoms with E-state index in [0.717, 1.165) is 35.8 Å². The van der Waals surface area contributed by atoms with Gasteiger partial charge in [-0.25, -0.2) is 0 Å². The molecule has 0 fully saturated rings. The Morgan fingerprint density at radius 3 is 2.70 bits per heavy atom. The van der Waals surface area contributed by atoms with Crippen molar-refractivity contribution in [2.24, 2.45) is 0 Å². The molecule has 3 heteroatoms. The summed E-state index contributed by atoms with van der Waals surface area (Å²) in [5, 5.41) is 3.58. The fourth-order valence-electron chi connectivity index (χ4n) is 2.50. The van der Waals surface area contributed by atoms with Crippen molar-refractivity contribution in [3.63, 3.8) is 0 Å². The van der Waals surface area contributed by atoms with E-state index in [2.05, 4.69) is 42.6 Å². The zero-order valence-electron chi connectivity index (χ0n) is 11.8. The number of rotatable bonds is 3. The Bertz CT molecular complexity index is 592. The van der Waals surface area contributed by atoms with Crippen LogP contribution in [0.4, 0.5) is 5.69 Å². The first kappa shape index (κ1) is 12.9. The number of ether oxygens (including phenoxy) is 2. The van der Waals surface area contributed by atoms with Crippen molar-refractivity contribution in [1.29, 1.82) is 0 Å². The Hall–Kier alpha value is -2.16. The number of fused-ring (bicyclic) bond motifs is 1. The number of nitrogens with one attached hydrogen (secondary N) is 1. The molecule has 0 saturated carbocycles. The number of aryl methyl sites for hydroxylation is 1. The first-order valence-electron chi connectivity index (χ1n) is 6.90. The number of hydrogen-bond acceptors (Lipinski definition) is 3. The van der Waals surface area contributed by atoms with Gasteiger partial charge in [0.15, 0.2) is 0 Å². The van der Waals surface area contributed by atoms with Gasteiger partial charge in [0.1, 0.15) is 11.5 Å². The molecule has 3 rings (SSSR count). The smallest absolute Gasteiger partial charge is 0.124 e. The second-order valence-corrected chi connectivity index (χ2v) is 5.10. The molecular formula is C17H19NO2. The average molecular weight is 269 g/mol. The van der Waals surface area contributed by atoms with Gasteiger partial charge in [0, 0.05) is 17.7 Å². The minimum atomic E-state index is 0.261. The van der Waals surface area contributed by atoms with E-state index in [-0.39, 0.29) is 6.04 Å². The molecule has 0 aromatic heterocycles. The van der Waals surface area contributed by atoms with E-state index < -0.39 is 0 Å². The predicted octanol–water partition coefficient (Wildman–Crippen LogP) is 3.94. The molecule has 20 heavy (non-hydrogen) atoms. The fourth-order valence-corrected chi connectivity index (χ4v) is 2.50. The van der Waals surface area contributed by atoms with Crippen LogP contribution in [0.15, 0.2) is 42.5 Å². The monoisotopic (exact) mass is 269 g/mol. The summed E-state index contributed by atoms with van der Waals surface area (Å²) >= 11 is 0. The molecule has 2 aromatic rings. The summed E-state index contributed by atoms with van der Waals surface area (Å²) in [5.74, 6) is 1.81. The lowest BCUT2D eigenvalue weighted by Gasteiger charge is -2.28. The Balaban J connectivity index is 1.87. The maximum Gasteiger partial charge on any atom is 0.124 e. The van der Waals surface area contributed by atoms with Crippen molar-refractivity contribution < 1.29 is 9.47 Å². The molecule has 0 spiro atoms. The third-order valence-corrected chi connectivity index (χ3v) is 3.65. The van der Waals surface area contributed by atoms with Gasteiger partial charge in [0.2, 0.25) is 0 Å². The van der Waals surface area contributed by atoms with Gasteiger partial charge in [0.25, 0.3) is 0 Å². The molecule has 0 radical (unpaired) electrons. The highest BCUT2D eigenvalue weighted by molar-refractivity contribution is 5.51. The normalized spacial score (nSPS) is 17.0. The molecule has 1 aliphatic rings. The SMILES string of the molecule is COc1ccc2c(c1)C(Nc1ccc(C)cc1)CCO2. The minimum Gasteiger partial charge on any atom is -0.497 e. The second kappa shape index (κ2) is 5.45. The Morgan fingerprint density at radius 2 is 1.95 bits per heavy atom. The predicted molar refractivity (Wildman–Crippen MR) is 80.6 cm³/mol. The first-order chi connectivity index (χ1) is 9.76. The van der Waals surface area contributed by atoms with Crippen molar-refractivity contribution >= 4 is 5.69 Å². The van der Waals surface area contributed by atoms with E-state index >= 15 is 0 Å². The lowest BCUT2D eigenvalue weighted by molar-refractivity contribution is 0.273. The standard InChI is InChI=1S/C17H19NO2/c1-12-3-5-13(6-4-12)18-16-9-10-20-17-8-7-14(19-2)11-15(16)17/h3-8,11,16,18H,9-10H2,1-2H3. The second-order valence-electron chi connectivity index (χ2n) is 5.10. The summed E-state index contributed by atoms with van der Waals surface area (Å²) in [6.45, 7) is 2.83.